The van der Waals surface area contributed by atoms with Gasteiger partial charge in [-0.2, -0.15) is 0 Å². The first-order valence-electron chi connectivity index (χ1n) is 5.99. The SMILES string of the molecule is CC(C)[C@@H](NC(=O)c1cccc(OC(F)(F)F)c1)C(=O)O. The lowest BCUT2D eigenvalue weighted by molar-refractivity contribution is -0.274. The summed E-state index contributed by atoms with van der Waals surface area (Å²) in [6, 6.07) is 3.27. The summed E-state index contributed by atoms with van der Waals surface area (Å²) in [6.07, 6.45) is -4.86. The van der Waals surface area contributed by atoms with Crippen LogP contribution >= 0.6 is 0 Å². The monoisotopic (exact) mass is 305 g/mol. The maximum absolute atomic E-state index is 12.1. The third-order valence-electron chi connectivity index (χ3n) is 2.55. The number of alkyl halides is 3. The summed E-state index contributed by atoms with van der Waals surface area (Å²) in [7, 11) is 0. The summed E-state index contributed by atoms with van der Waals surface area (Å²) in [5.74, 6) is -2.93. The summed E-state index contributed by atoms with van der Waals surface area (Å²) in [5.41, 5.74) is -0.122. The van der Waals surface area contributed by atoms with Gasteiger partial charge in [0, 0.05) is 5.56 Å². The van der Waals surface area contributed by atoms with Gasteiger partial charge in [0.1, 0.15) is 11.8 Å². The van der Waals surface area contributed by atoms with E-state index in [2.05, 4.69) is 10.1 Å². The first kappa shape index (κ1) is 16.8. The van der Waals surface area contributed by atoms with Crippen LogP contribution in [0, 0.1) is 5.92 Å². The fourth-order valence-corrected chi connectivity index (χ4v) is 1.57. The molecule has 0 aliphatic heterocycles. The molecule has 0 bridgehead atoms. The molecule has 0 aliphatic carbocycles. The van der Waals surface area contributed by atoms with Gasteiger partial charge in [0.25, 0.3) is 5.91 Å². The molecule has 0 aromatic heterocycles. The zero-order valence-electron chi connectivity index (χ0n) is 11.3. The van der Waals surface area contributed by atoms with E-state index < -0.39 is 30.0 Å². The number of aliphatic carboxylic acids is 1. The lowest BCUT2D eigenvalue weighted by atomic mass is 10.0. The van der Waals surface area contributed by atoms with E-state index in [4.69, 9.17) is 5.11 Å². The molecule has 2 N–H and O–H groups in total. The Bertz CT molecular complexity index is 528. The topological polar surface area (TPSA) is 75.6 Å². The maximum atomic E-state index is 12.1. The van der Waals surface area contributed by atoms with Crippen molar-refractivity contribution in [1.82, 2.24) is 5.32 Å². The first-order valence-corrected chi connectivity index (χ1v) is 5.99. The standard InChI is InChI=1S/C13H14F3NO4/c1-7(2)10(12(19)20)17-11(18)8-4-3-5-9(6-8)21-13(14,15)16/h3-7,10H,1-2H3,(H,17,18)(H,19,20)/t10-/m1/s1. The Labute approximate surface area is 118 Å². The minimum atomic E-state index is -4.86. The molecule has 1 atom stereocenters. The number of carboxylic acid groups (broad SMARTS) is 1. The number of benzene rings is 1. The van der Waals surface area contributed by atoms with Crippen LogP contribution in [-0.2, 0) is 4.79 Å². The van der Waals surface area contributed by atoms with Crippen LogP contribution in [0.3, 0.4) is 0 Å². The smallest absolute Gasteiger partial charge is 0.480 e. The van der Waals surface area contributed by atoms with Crippen molar-refractivity contribution in [3.05, 3.63) is 29.8 Å². The normalized spacial score (nSPS) is 12.9. The second-order valence-electron chi connectivity index (χ2n) is 4.61. The lowest BCUT2D eigenvalue weighted by Crippen LogP contribution is -2.44. The molecule has 1 rings (SSSR count). The lowest BCUT2D eigenvalue weighted by Gasteiger charge is -2.18. The Balaban J connectivity index is 2.88. The molecule has 0 radical (unpaired) electrons. The molecule has 0 saturated heterocycles. The van der Waals surface area contributed by atoms with Crippen molar-refractivity contribution in [3.8, 4) is 5.75 Å². The number of hydrogen-bond acceptors (Lipinski definition) is 3. The van der Waals surface area contributed by atoms with Crippen LogP contribution in [-0.4, -0.2) is 29.4 Å². The molecule has 0 saturated carbocycles. The highest BCUT2D eigenvalue weighted by Gasteiger charge is 2.31. The molecule has 21 heavy (non-hydrogen) atoms. The van der Waals surface area contributed by atoms with Crippen LogP contribution in [0.25, 0.3) is 0 Å². The number of ether oxygens (including phenoxy) is 1. The van der Waals surface area contributed by atoms with E-state index in [-0.39, 0.29) is 11.5 Å². The fourth-order valence-electron chi connectivity index (χ4n) is 1.57. The van der Waals surface area contributed by atoms with E-state index in [9.17, 15) is 22.8 Å². The molecule has 8 heteroatoms. The Morgan fingerprint density at radius 1 is 1.29 bits per heavy atom. The molecule has 1 aromatic carbocycles. The fraction of sp³-hybridized carbons (Fsp3) is 0.385. The maximum Gasteiger partial charge on any atom is 0.573 e. The molecule has 1 amide bonds. The van der Waals surface area contributed by atoms with E-state index in [1.54, 1.807) is 13.8 Å². The van der Waals surface area contributed by atoms with Crippen LogP contribution in [0.5, 0.6) is 5.75 Å². The third-order valence-corrected chi connectivity index (χ3v) is 2.55. The van der Waals surface area contributed by atoms with Gasteiger partial charge in [-0.05, 0) is 24.1 Å². The van der Waals surface area contributed by atoms with Gasteiger partial charge in [-0.1, -0.05) is 19.9 Å². The molecule has 0 unspecified atom stereocenters. The van der Waals surface area contributed by atoms with E-state index in [1.165, 1.54) is 12.1 Å². The average molecular weight is 305 g/mol. The molecule has 0 spiro atoms. The quantitative estimate of drug-likeness (QED) is 0.876. The highest BCUT2D eigenvalue weighted by Crippen LogP contribution is 2.23. The molecular formula is C13H14F3NO4. The first-order chi connectivity index (χ1) is 9.60. The summed E-state index contributed by atoms with van der Waals surface area (Å²) >= 11 is 0. The van der Waals surface area contributed by atoms with Crippen molar-refractivity contribution >= 4 is 11.9 Å². The van der Waals surface area contributed by atoms with E-state index in [0.29, 0.717) is 0 Å². The van der Waals surface area contributed by atoms with Crippen LogP contribution in [0.15, 0.2) is 24.3 Å². The Morgan fingerprint density at radius 2 is 1.90 bits per heavy atom. The van der Waals surface area contributed by atoms with Crippen LogP contribution in [0.2, 0.25) is 0 Å². The predicted octanol–water partition coefficient (Wildman–Crippen LogP) is 2.42. The number of carbonyl (C=O) groups excluding carboxylic acids is 1. The van der Waals surface area contributed by atoms with Gasteiger partial charge >= 0.3 is 12.3 Å². The number of carbonyl (C=O) groups is 2. The minimum absolute atomic E-state index is 0.122. The van der Waals surface area contributed by atoms with Crippen molar-refractivity contribution in [2.24, 2.45) is 5.92 Å². The third kappa shape index (κ3) is 5.33. The van der Waals surface area contributed by atoms with Crippen LogP contribution < -0.4 is 10.1 Å². The Hall–Kier alpha value is -2.25. The zero-order valence-corrected chi connectivity index (χ0v) is 11.3. The molecule has 0 heterocycles. The van der Waals surface area contributed by atoms with Gasteiger partial charge in [0.2, 0.25) is 0 Å². The molecular weight excluding hydrogens is 291 g/mol. The van der Waals surface area contributed by atoms with Crippen LogP contribution in [0.1, 0.15) is 24.2 Å². The summed E-state index contributed by atoms with van der Waals surface area (Å²) < 4.78 is 40.0. The molecule has 0 aliphatic rings. The number of hydrogen-bond donors (Lipinski definition) is 2. The van der Waals surface area contributed by atoms with Crippen molar-refractivity contribution < 1.29 is 32.6 Å². The van der Waals surface area contributed by atoms with Crippen molar-refractivity contribution in [2.75, 3.05) is 0 Å². The van der Waals surface area contributed by atoms with Gasteiger partial charge < -0.3 is 15.2 Å². The number of halogens is 3. The predicted molar refractivity (Wildman–Crippen MR) is 66.9 cm³/mol. The van der Waals surface area contributed by atoms with Crippen molar-refractivity contribution in [1.29, 1.82) is 0 Å². The summed E-state index contributed by atoms with van der Waals surface area (Å²) in [4.78, 5) is 22.8. The largest absolute Gasteiger partial charge is 0.573 e. The number of rotatable bonds is 5. The summed E-state index contributed by atoms with van der Waals surface area (Å²) in [6.45, 7) is 3.20. The minimum Gasteiger partial charge on any atom is -0.480 e. The van der Waals surface area contributed by atoms with Crippen LogP contribution in [0.4, 0.5) is 13.2 Å². The van der Waals surface area contributed by atoms with Crippen molar-refractivity contribution in [2.45, 2.75) is 26.3 Å². The summed E-state index contributed by atoms with van der Waals surface area (Å²) in [5, 5.41) is 11.2. The van der Waals surface area contributed by atoms with E-state index in [1.807, 2.05) is 0 Å². The van der Waals surface area contributed by atoms with Gasteiger partial charge in [0.05, 0.1) is 0 Å². The molecule has 0 fully saturated rings. The van der Waals surface area contributed by atoms with Gasteiger partial charge in [0.15, 0.2) is 0 Å². The number of amides is 1. The van der Waals surface area contributed by atoms with Crippen molar-refractivity contribution in [3.63, 3.8) is 0 Å². The zero-order chi connectivity index (χ0) is 16.2. The second kappa shape index (κ2) is 6.47. The number of nitrogens with one attached hydrogen (secondary N) is 1. The van der Waals surface area contributed by atoms with Gasteiger partial charge in [-0.25, -0.2) is 4.79 Å². The Kier molecular flexibility index (Phi) is 5.17. The highest BCUT2D eigenvalue weighted by molar-refractivity contribution is 5.96. The van der Waals surface area contributed by atoms with Gasteiger partial charge in [-0.3, -0.25) is 4.79 Å². The number of carboxylic acids is 1. The van der Waals surface area contributed by atoms with E-state index >= 15 is 0 Å². The molecule has 1 aromatic rings. The van der Waals surface area contributed by atoms with E-state index in [0.717, 1.165) is 12.1 Å². The Morgan fingerprint density at radius 3 is 2.38 bits per heavy atom. The second-order valence-corrected chi connectivity index (χ2v) is 4.61. The molecule has 5 nitrogen and oxygen atoms in total. The average Bonchev–Trinajstić information content (AvgIpc) is 2.33. The molecule has 116 valence electrons. The van der Waals surface area contributed by atoms with Gasteiger partial charge in [-0.15, -0.1) is 13.2 Å². The highest BCUT2D eigenvalue weighted by atomic mass is 19.4.